The number of hydrogen-bond acceptors (Lipinski definition) is 4. The Kier molecular flexibility index (Phi) is 4.71. The van der Waals surface area contributed by atoms with Crippen LogP contribution in [0.15, 0.2) is 16.6 Å². The smallest absolute Gasteiger partial charge is 0.159 e. The Morgan fingerprint density at radius 1 is 1.33 bits per heavy atom. The van der Waals surface area contributed by atoms with Crippen molar-refractivity contribution in [3.05, 3.63) is 16.6 Å². The standard InChI is InChI=1S/C10H15BrN2O2/c1-14-8-4-3-7(13-6-5-12)10(15-2)9(8)11/h3-4,13H,5-6,12H2,1-2H3. The fourth-order valence-electron chi connectivity index (χ4n) is 1.24. The summed E-state index contributed by atoms with van der Waals surface area (Å²) in [7, 11) is 3.24. The lowest BCUT2D eigenvalue weighted by atomic mass is 10.2. The van der Waals surface area contributed by atoms with Gasteiger partial charge in [-0.05, 0) is 28.1 Å². The zero-order valence-corrected chi connectivity index (χ0v) is 10.4. The van der Waals surface area contributed by atoms with Crippen molar-refractivity contribution in [2.75, 3.05) is 32.6 Å². The van der Waals surface area contributed by atoms with Crippen LogP contribution in [0.5, 0.6) is 11.5 Å². The Bertz CT molecular complexity index is 331. The van der Waals surface area contributed by atoms with Gasteiger partial charge in [-0.3, -0.25) is 0 Å². The molecule has 0 saturated heterocycles. The number of anilines is 1. The first-order valence-electron chi connectivity index (χ1n) is 4.59. The molecule has 0 spiro atoms. The van der Waals surface area contributed by atoms with Crippen LogP contribution >= 0.6 is 15.9 Å². The van der Waals surface area contributed by atoms with Crippen LogP contribution in [0, 0.1) is 0 Å². The molecule has 0 unspecified atom stereocenters. The molecule has 0 radical (unpaired) electrons. The van der Waals surface area contributed by atoms with Gasteiger partial charge in [-0.25, -0.2) is 0 Å². The van der Waals surface area contributed by atoms with Gasteiger partial charge in [-0.1, -0.05) is 0 Å². The van der Waals surface area contributed by atoms with Crippen molar-refractivity contribution in [3.63, 3.8) is 0 Å². The van der Waals surface area contributed by atoms with Gasteiger partial charge in [0.15, 0.2) is 5.75 Å². The number of hydrogen-bond donors (Lipinski definition) is 2. The molecule has 3 N–H and O–H groups in total. The SMILES string of the molecule is COc1ccc(NCCN)c(OC)c1Br. The van der Waals surface area contributed by atoms with E-state index in [1.165, 1.54) is 0 Å². The summed E-state index contributed by atoms with van der Waals surface area (Å²) in [6, 6.07) is 3.77. The van der Waals surface area contributed by atoms with Crippen LogP contribution in [-0.2, 0) is 0 Å². The molecule has 1 rings (SSSR count). The molecule has 0 bridgehead atoms. The molecule has 0 aliphatic rings. The molecular weight excluding hydrogens is 260 g/mol. The lowest BCUT2D eigenvalue weighted by molar-refractivity contribution is 0.390. The monoisotopic (exact) mass is 274 g/mol. The topological polar surface area (TPSA) is 56.5 Å². The molecule has 0 aromatic heterocycles. The highest BCUT2D eigenvalue weighted by Gasteiger charge is 2.11. The third-order valence-electron chi connectivity index (χ3n) is 1.95. The first kappa shape index (κ1) is 12.1. The molecule has 0 heterocycles. The van der Waals surface area contributed by atoms with Crippen LogP contribution in [0.4, 0.5) is 5.69 Å². The van der Waals surface area contributed by atoms with E-state index in [-0.39, 0.29) is 0 Å². The van der Waals surface area contributed by atoms with Crippen molar-refractivity contribution in [1.29, 1.82) is 0 Å². The average molecular weight is 275 g/mol. The van der Waals surface area contributed by atoms with Crippen molar-refractivity contribution in [3.8, 4) is 11.5 Å². The molecule has 0 fully saturated rings. The third-order valence-corrected chi connectivity index (χ3v) is 2.70. The van der Waals surface area contributed by atoms with Crippen molar-refractivity contribution in [1.82, 2.24) is 0 Å². The summed E-state index contributed by atoms with van der Waals surface area (Å²) in [5.74, 6) is 1.47. The molecule has 84 valence electrons. The van der Waals surface area contributed by atoms with Crippen LogP contribution in [0.3, 0.4) is 0 Å². The van der Waals surface area contributed by atoms with Crippen LogP contribution in [-0.4, -0.2) is 27.3 Å². The summed E-state index contributed by atoms with van der Waals surface area (Å²) in [5, 5.41) is 3.17. The van der Waals surface area contributed by atoms with Crippen LogP contribution in [0.25, 0.3) is 0 Å². The minimum absolute atomic E-state index is 0.576. The number of nitrogens with two attached hydrogens (primary N) is 1. The van der Waals surface area contributed by atoms with Crippen molar-refractivity contribution in [2.45, 2.75) is 0 Å². The number of benzene rings is 1. The van der Waals surface area contributed by atoms with E-state index in [0.29, 0.717) is 13.1 Å². The van der Waals surface area contributed by atoms with Gasteiger partial charge < -0.3 is 20.5 Å². The van der Waals surface area contributed by atoms with Gasteiger partial charge in [0, 0.05) is 13.1 Å². The zero-order valence-electron chi connectivity index (χ0n) is 8.84. The molecule has 1 aromatic rings. The maximum atomic E-state index is 5.42. The van der Waals surface area contributed by atoms with Crippen molar-refractivity contribution >= 4 is 21.6 Å². The third kappa shape index (κ3) is 2.76. The van der Waals surface area contributed by atoms with E-state index in [2.05, 4.69) is 21.2 Å². The Labute approximate surface area is 97.9 Å². The minimum Gasteiger partial charge on any atom is -0.495 e. The summed E-state index contributed by atoms with van der Waals surface area (Å²) >= 11 is 3.42. The molecule has 0 aliphatic heterocycles. The maximum Gasteiger partial charge on any atom is 0.159 e. The highest BCUT2D eigenvalue weighted by Crippen LogP contribution is 2.39. The second kappa shape index (κ2) is 5.82. The van der Waals surface area contributed by atoms with E-state index >= 15 is 0 Å². The average Bonchev–Trinajstić information content (AvgIpc) is 2.26. The Balaban J connectivity index is 3.01. The molecule has 0 amide bonds. The van der Waals surface area contributed by atoms with E-state index < -0.39 is 0 Å². The molecule has 5 heteroatoms. The molecule has 0 atom stereocenters. The molecule has 0 saturated carbocycles. The van der Waals surface area contributed by atoms with Crippen LogP contribution in [0.1, 0.15) is 0 Å². The lowest BCUT2D eigenvalue weighted by Crippen LogP contribution is -2.13. The number of nitrogens with one attached hydrogen (secondary N) is 1. The van der Waals surface area contributed by atoms with E-state index in [4.69, 9.17) is 15.2 Å². The Morgan fingerprint density at radius 2 is 2.07 bits per heavy atom. The molecular formula is C10H15BrN2O2. The van der Waals surface area contributed by atoms with Gasteiger partial charge in [0.1, 0.15) is 10.2 Å². The largest absolute Gasteiger partial charge is 0.495 e. The highest BCUT2D eigenvalue weighted by atomic mass is 79.9. The molecule has 15 heavy (non-hydrogen) atoms. The first-order valence-corrected chi connectivity index (χ1v) is 5.38. The van der Waals surface area contributed by atoms with Crippen LogP contribution in [0.2, 0.25) is 0 Å². The van der Waals surface area contributed by atoms with Gasteiger partial charge >= 0.3 is 0 Å². The van der Waals surface area contributed by atoms with Gasteiger partial charge in [0.2, 0.25) is 0 Å². The number of ether oxygens (including phenoxy) is 2. The van der Waals surface area contributed by atoms with Gasteiger partial charge in [0.05, 0.1) is 19.9 Å². The van der Waals surface area contributed by atoms with Crippen LogP contribution < -0.4 is 20.5 Å². The first-order chi connectivity index (χ1) is 7.24. The predicted molar refractivity (Wildman–Crippen MR) is 64.8 cm³/mol. The summed E-state index contributed by atoms with van der Waals surface area (Å²) in [6.45, 7) is 1.28. The Morgan fingerprint density at radius 3 is 2.60 bits per heavy atom. The lowest BCUT2D eigenvalue weighted by Gasteiger charge is -2.14. The molecule has 0 aliphatic carbocycles. The van der Waals surface area contributed by atoms with Crippen molar-refractivity contribution in [2.24, 2.45) is 5.73 Å². The predicted octanol–water partition coefficient (Wildman–Crippen LogP) is 1.84. The number of rotatable bonds is 5. The normalized spacial score (nSPS) is 9.87. The fraction of sp³-hybridized carbons (Fsp3) is 0.400. The summed E-state index contributed by atoms with van der Waals surface area (Å²) < 4.78 is 11.3. The molecule has 4 nitrogen and oxygen atoms in total. The second-order valence-electron chi connectivity index (χ2n) is 2.88. The maximum absolute atomic E-state index is 5.42. The fourth-order valence-corrected chi connectivity index (χ4v) is 1.91. The zero-order chi connectivity index (χ0) is 11.3. The number of methoxy groups -OCH3 is 2. The van der Waals surface area contributed by atoms with Gasteiger partial charge in [-0.2, -0.15) is 0 Å². The number of halogens is 1. The molecule has 1 aromatic carbocycles. The quantitative estimate of drug-likeness (QED) is 0.861. The minimum atomic E-state index is 0.576. The van der Waals surface area contributed by atoms with E-state index in [9.17, 15) is 0 Å². The second-order valence-corrected chi connectivity index (χ2v) is 3.67. The van der Waals surface area contributed by atoms with Gasteiger partial charge in [0.25, 0.3) is 0 Å². The highest BCUT2D eigenvalue weighted by molar-refractivity contribution is 9.10. The van der Waals surface area contributed by atoms with E-state index in [0.717, 1.165) is 21.7 Å². The summed E-state index contributed by atoms with van der Waals surface area (Å²) in [5.41, 5.74) is 6.32. The van der Waals surface area contributed by atoms with Gasteiger partial charge in [-0.15, -0.1) is 0 Å². The van der Waals surface area contributed by atoms with Crippen molar-refractivity contribution < 1.29 is 9.47 Å². The van der Waals surface area contributed by atoms with E-state index in [1.807, 2.05) is 12.1 Å². The summed E-state index contributed by atoms with van der Waals surface area (Å²) in [4.78, 5) is 0. The van der Waals surface area contributed by atoms with E-state index in [1.54, 1.807) is 14.2 Å². The summed E-state index contributed by atoms with van der Waals surface area (Å²) in [6.07, 6.45) is 0. The Hall–Kier alpha value is -0.940.